The second-order valence-corrected chi connectivity index (χ2v) is 8.70. The molecule has 7 nitrogen and oxygen atoms in total. The van der Waals surface area contributed by atoms with Crippen LogP contribution >= 0.6 is 0 Å². The molecule has 1 aliphatic rings. The van der Waals surface area contributed by atoms with Crippen LogP contribution in [0.1, 0.15) is 44.9 Å². The van der Waals surface area contributed by atoms with Crippen LogP contribution in [0.25, 0.3) is 22.0 Å². The van der Waals surface area contributed by atoms with Crippen LogP contribution in [-0.4, -0.2) is 47.4 Å². The number of carbonyl (C=O) groups is 1. The topological polar surface area (TPSA) is 87.3 Å². The lowest BCUT2D eigenvalue weighted by atomic mass is 10.0. The average molecular weight is 449 g/mol. The largest absolute Gasteiger partial charge is 0.369 e. The average Bonchev–Trinajstić information content (AvgIpc) is 3.37. The quantitative estimate of drug-likeness (QED) is 0.351. The highest BCUT2D eigenvalue weighted by Gasteiger charge is 2.21. The molecule has 7 heteroatoms. The Balaban J connectivity index is 1.34. The number of methoxy groups -OCH3 is 1. The minimum absolute atomic E-state index is 0.00518. The molecule has 1 fully saturated rings. The van der Waals surface area contributed by atoms with Crippen molar-refractivity contribution in [3.05, 3.63) is 58.9 Å². The predicted molar refractivity (Wildman–Crippen MR) is 131 cm³/mol. The number of H-pyrrole nitrogens is 1. The van der Waals surface area contributed by atoms with Gasteiger partial charge in [-0.15, -0.1) is 0 Å². The number of benzene rings is 2. The highest BCUT2D eigenvalue weighted by molar-refractivity contribution is 5.95. The normalized spacial score (nSPS) is 14.2. The summed E-state index contributed by atoms with van der Waals surface area (Å²) in [6, 6.07) is 15.6. The van der Waals surface area contributed by atoms with Crippen LogP contribution in [0.4, 0.5) is 5.69 Å². The van der Waals surface area contributed by atoms with E-state index < -0.39 is 0 Å². The van der Waals surface area contributed by atoms with Crippen molar-refractivity contribution in [2.45, 2.75) is 51.0 Å². The second kappa shape index (κ2) is 11.2. The fourth-order valence-electron chi connectivity index (χ4n) is 4.69. The Morgan fingerprint density at radius 3 is 2.70 bits per heavy atom. The van der Waals surface area contributed by atoms with E-state index in [1.807, 2.05) is 42.5 Å². The number of nitrogens with zero attached hydrogens (tertiary/aromatic N) is 2. The Labute approximate surface area is 194 Å². The van der Waals surface area contributed by atoms with Gasteiger partial charge in [0.2, 0.25) is 5.91 Å². The molecule has 0 spiro atoms. The maximum Gasteiger partial charge on any atom is 0.272 e. The van der Waals surface area contributed by atoms with E-state index in [-0.39, 0.29) is 11.5 Å². The molecule has 0 unspecified atom stereocenters. The third-order valence-electron chi connectivity index (χ3n) is 6.35. The van der Waals surface area contributed by atoms with Gasteiger partial charge >= 0.3 is 0 Å². The van der Waals surface area contributed by atoms with Crippen molar-refractivity contribution >= 4 is 22.4 Å². The molecule has 3 aromatic rings. The van der Waals surface area contributed by atoms with Crippen molar-refractivity contribution in [3.8, 4) is 11.3 Å². The number of carbonyl (C=O) groups excluding carboxylic acids is 1. The van der Waals surface area contributed by atoms with Gasteiger partial charge in [0, 0.05) is 42.8 Å². The van der Waals surface area contributed by atoms with E-state index in [1.165, 1.54) is 25.7 Å². The molecular weight excluding hydrogens is 416 g/mol. The van der Waals surface area contributed by atoms with Gasteiger partial charge in [0.15, 0.2) is 0 Å². The van der Waals surface area contributed by atoms with Crippen molar-refractivity contribution < 1.29 is 9.53 Å². The SMILES string of the molecule is COCN(CCCCC(=O)Nc1cccc(-c2n[nH]c(=O)c3ccccc23)c1)C1CCCC1. The van der Waals surface area contributed by atoms with Crippen molar-refractivity contribution in [2.24, 2.45) is 0 Å². The van der Waals surface area contributed by atoms with Gasteiger partial charge in [0.05, 0.1) is 17.8 Å². The first-order chi connectivity index (χ1) is 16.2. The van der Waals surface area contributed by atoms with E-state index in [0.29, 0.717) is 30.3 Å². The smallest absolute Gasteiger partial charge is 0.272 e. The maximum absolute atomic E-state index is 12.5. The van der Waals surface area contributed by atoms with E-state index in [9.17, 15) is 9.59 Å². The number of unbranched alkanes of at least 4 members (excludes halogenated alkanes) is 1. The van der Waals surface area contributed by atoms with Gasteiger partial charge in [-0.1, -0.05) is 43.2 Å². The zero-order valence-electron chi connectivity index (χ0n) is 19.2. The fraction of sp³-hybridized carbons (Fsp3) is 0.423. The number of hydrogen-bond donors (Lipinski definition) is 2. The summed E-state index contributed by atoms with van der Waals surface area (Å²) in [7, 11) is 1.74. The molecule has 0 saturated heterocycles. The Kier molecular flexibility index (Phi) is 7.86. The number of hydrogen-bond acceptors (Lipinski definition) is 5. The lowest BCUT2D eigenvalue weighted by molar-refractivity contribution is -0.116. The van der Waals surface area contributed by atoms with Gasteiger partial charge in [-0.2, -0.15) is 5.10 Å². The predicted octanol–water partition coefficient (Wildman–Crippen LogP) is 4.55. The lowest BCUT2D eigenvalue weighted by Gasteiger charge is -2.27. The van der Waals surface area contributed by atoms with Gasteiger partial charge < -0.3 is 10.1 Å². The molecule has 0 bridgehead atoms. The van der Waals surface area contributed by atoms with Crippen molar-refractivity contribution in [1.82, 2.24) is 15.1 Å². The Morgan fingerprint density at radius 2 is 1.91 bits per heavy atom. The first-order valence-corrected chi connectivity index (χ1v) is 11.8. The summed E-state index contributed by atoms with van der Waals surface area (Å²) in [6.07, 6.45) is 7.40. The number of nitrogens with one attached hydrogen (secondary N) is 2. The third-order valence-corrected chi connectivity index (χ3v) is 6.35. The number of ether oxygens (including phenoxy) is 1. The van der Waals surface area contributed by atoms with Gasteiger partial charge in [-0.3, -0.25) is 14.5 Å². The van der Waals surface area contributed by atoms with E-state index in [0.717, 1.165) is 36.0 Å². The molecule has 1 saturated carbocycles. The first-order valence-electron chi connectivity index (χ1n) is 11.8. The standard InChI is InChI=1S/C26H32N4O3/c1-33-18-30(21-11-2-3-12-21)16-7-6-15-24(31)27-20-10-8-9-19(17-20)25-22-13-4-5-14-23(22)26(32)29-28-25/h4-5,8-10,13-14,17,21H,2-3,6-7,11-12,15-16,18H2,1H3,(H,27,31)(H,29,32). The van der Waals surface area contributed by atoms with Crippen LogP contribution in [0, 0.1) is 0 Å². The lowest BCUT2D eigenvalue weighted by Crippen LogP contribution is -2.35. The molecule has 4 rings (SSSR count). The van der Waals surface area contributed by atoms with Gasteiger partial charge in [-0.25, -0.2) is 5.10 Å². The summed E-state index contributed by atoms with van der Waals surface area (Å²) < 4.78 is 5.38. The molecule has 1 heterocycles. The number of aromatic amines is 1. The first kappa shape index (κ1) is 23.1. The minimum Gasteiger partial charge on any atom is -0.369 e. The maximum atomic E-state index is 12.5. The molecule has 0 radical (unpaired) electrons. The number of rotatable bonds is 10. The Hall–Kier alpha value is -3.03. The Morgan fingerprint density at radius 1 is 1.12 bits per heavy atom. The van der Waals surface area contributed by atoms with E-state index >= 15 is 0 Å². The second-order valence-electron chi connectivity index (χ2n) is 8.70. The molecule has 0 atom stereocenters. The number of anilines is 1. The Bertz CT molecular complexity index is 1140. The van der Waals surface area contributed by atoms with Crippen LogP contribution in [0.5, 0.6) is 0 Å². The molecule has 33 heavy (non-hydrogen) atoms. The highest BCUT2D eigenvalue weighted by atomic mass is 16.5. The molecule has 1 aromatic heterocycles. The summed E-state index contributed by atoms with van der Waals surface area (Å²) in [6.45, 7) is 1.63. The molecule has 2 N–H and O–H groups in total. The van der Waals surface area contributed by atoms with Crippen molar-refractivity contribution in [2.75, 3.05) is 25.7 Å². The number of fused-ring (bicyclic) bond motifs is 1. The minimum atomic E-state index is -0.212. The van der Waals surface area contributed by atoms with Crippen LogP contribution in [0.2, 0.25) is 0 Å². The number of aromatic nitrogens is 2. The van der Waals surface area contributed by atoms with E-state index in [4.69, 9.17) is 4.74 Å². The summed E-state index contributed by atoms with van der Waals surface area (Å²) in [5, 5.41) is 11.2. The van der Waals surface area contributed by atoms with Crippen LogP contribution < -0.4 is 10.9 Å². The molecule has 0 aliphatic heterocycles. The third kappa shape index (κ3) is 5.86. The summed E-state index contributed by atoms with van der Waals surface area (Å²) in [4.78, 5) is 27.0. The molecule has 174 valence electrons. The summed E-state index contributed by atoms with van der Waals surface area (Å²) >= 11 is 0. The van der Waals surface area contributed by atoms with Gasteiger partial charge in [0.1, 0.15) is 0 Å². The summed E-state index contributed by atoms with van der Waals surface area (Å²) in [5.74, 6) is 0.00518. The molecule has 1 amide bonds. The zero-order chi connectivity index (χ0) is 23.0. The van der Waals surface area contributed by atoms with Crippen molar-refractivity contribution in [3.63, 3.8) is 0 Å². The molecule has 2 aromatic carbocycles. The number of amides is 1. The van der Waals surface area contributed by atoms with Crippen LogP contribution in [0.15, 0.2) is 53.3 Å². The molecular formula is C26H32N4O3. The zero-order valence-corrected chi connectivity index (χ0v) is 19.2. The van der Waals surface area contributed by atoms with Gasteiger partial charge in [-0.05, 0) is 43.9 Å². The monoisotopic (exact) mass is 448 g/mol. The van der Waals surface area contributed by atoms with Gasteiger partial charge in [0.25, 0.3) is 5.56 Å². The van der Waals surface area contributed by atoms with Crippen LogP contribution in [0.3, 0.4) is 0 Å². The fourth-order valence-corrected chi connectivity index (χ4v) is 4.69. The molecule has 1 aliphatic carbocycles. The van der Waals surface area contributed by atoms with E-state index in [1.54, 1.807) is 13.2 Å². The van der Waals surface area contributed by atoms with Crippen molar-refractivity contribution in [1.29, 1.82) is 0 Å². The summed E-state index contributed by atoms with van der Waals surface area (Å²) in [5.41, 5.74) is 2.04. The highest BCUT2D eigenvalue weighted by Crippen LogP contribution is 2.26. The van der Waals surface area contributed by atoms with E-state index in [2.05, 4.69) is 20.4 Å². The van der Waals surface area contributed by atoms with Crippen LogP contribution in [-0.2, 0) is 9.53 Å².